The molecule has 0 radical (unpaired) electrons. The van der Waals surface area contributed by atoms with Crippen LogP contribution in [0.5, 0.6) is 0 Å². The molecule has 0 amide bonds. The van der Waals surface area contributed by atoms with Crippen molar-refractivity contribution in [1.82, 2.24) is 4.90 Å². The topological polar surface area (TPSA) is 48.0 Å². The van der Waals surface area contributed by atoms with Gasteiger partial charge in [-0.15, -0.1) is 0 Å². The van der Waals surface area contributed by atoms with Crippen molar-refractivity contribution >= 4 is 15.0 Å². The van der Waals surface area contributed by atoms with Crippen molar-refractivity contribution in [3.8, 4) is 0 Å². The van der Waals surface area contributed by atoms with Crippen LogP contribution < -0.4 is 0 Å². The van der Waals surface area contributed by atoms with Crippen LogP contribution >= 0.6 is 0 Å². The van der Waals surface area contributed by atoms with Crippen LogP contribution in [0, 0.1) is 0 Å². The predicted octanol–water partition coefficient (Wildman–Crippen LogP) is 4.05. The Labute approximate surface area is 152 Å². The summed E-state index contributed by atoms with van der Waals surface area (Å²) in [7, 11) is -1.78. The first-order valence-corrected chi connectivity index (χ1v) is 10.9. The van der Waals surface area contributed by atoms with Crippen LogP contribution in [0.15, 0.2) is 41.8 Å². The van der Waals surface area contributed by atoms with Crippen molar-refractivity contribution in [1.29, 1.82) is 0 Å². The molecular formula is C17H22F3NO4Si. The summed E-state index contributed by atoms with van der Waals surface area (Å²) in [6.45, 7) is 8.53. The Hall–Kier alpha value is -2.00. The van der Waals surface area contributed by atoms with Crippen LogP contribution in [0.25, 0.3) is 0 Å². The summed E-state index contributed by atoms with van der Waals surface area (Å²) < 4.78 is 50.8. The molecule has 1 aromatic carbocycles. The molecule has 1 heterocycles. The molecule has 2 rings (SSSR count). The molecule has 1 aromatic rings. The van der Waals surface area contributed by atoms with Crippen molar-refractivity contribution in [3.05, 3.63) is 47.4 Å². The molecule has 5 nitrogen and oxygen atoms in total. The van der Waals surface area contributed by atoms with E-state index in [0.29, 0.717) is 5.56 Å². The maximum absolute atomic E-state index is 13.6. The van der Waals surface area contributed by atoms with Gasteiger partial charge in [-0.3, -0.25) is 0 Å². The molecule has 0 saturated carbocycles. The van der Waals surface area contributed by atoms with Gasteiger partial charge in [0.1, 0.15) is 0 Å². The van der Waals surface area contributed by atoms with Crippen LogP contribution in [0.4, 0.5) is 13.2 Å². The second kappa shape index (κ2) is 7.32. The maximum atomic E-state index is 13.6. The number of allylic oxidation sites excluding steroid dienone is 1. The third-order valence-corrected chi connectivity index (χ3v) is 3.98. The summed E-state index contributed by atoms with van der Waals surface area (Å²) >= 11 is 0. The van der Waals surface area contributed by atoms with E-state index in [9.17, 15) is 18.0 Å². The largest absolute Gasteiger partial charge is 0.459 e. The van der Waals surface area contributed by atoms with Gasteiger partial charge in [0.05, 0.1) is 0 Å². The highest BCUT2D eigenvalue weighted by atomic mass is 28.3. The summed E-state index contributed by atoms with van der Waals surface area (Å²) in [5.74, 6) is -2.59. The Bertz CT molecular complexity index is 683. The fraction of sp³-hybridized carbons (Fsp3) is 0.471. The van der Waals surface area contributed by atoms with Crippen LogP contribution in [-0.4, -0.2) is 31.6 Å². The Morgan fingerprint density at radius 2 is 1.73 bits per heavy atom. The number of carbonyl (C=O) groups excluding carboxylic acids is 1. The van der Waals surface area contributed by atoms with Crippen molar-refractivity contribution in [2.45, 2.75) is 51.8 Å². The number of halogens is 3. The first-order chi connectivity index (χ1) is 11.9. The van der Waals surface area contributed by atoms with Gasteiger partial charge in [-0.25, -0.2) is 9.37 Å². The quantitative estimate of drug-likeness (QED) is 0.442. The average molecular weight is 389 g/mol. The molecule has 1 unspecified atom stereocenters. The first kappa shape index (κ1) is 20.3. The van der Waals surface area contributed by atoms with E-state index in [1.54, 1.807) is 64.2 Å². The van der Waals surface area contributed by atoms with Crippen molar-refractivity contribution in [3.63, 3.8) is 0 Å². The highest BCUT2D eigenvalue weighted by Gasteiger charge is 2.53. The fourth-order valence-corrected chi connectivity index (χ4v) is 2.82. The lowest BCUT2D eigenvalue weighted by Crippen LogP contribution is -2.43. The third kappa shape index (κ3) is 4.39. The molecule has 144 valence electrons. The summed E-state index contributed by atoms with van der Waals surface area (Å²) in [5, 5.41) is 0. The minimum absolute atomic E-state index is 0.492. The average Bonchev–Trinajstić information content (AvgIpc) is 2.94. The highest BCUT2D eigenvalue weighted by Crippen LogP contribution is 2.47. The molecule has 9 heteroatoms. The van der Waals surface area contributed by atoms with E-state index in [1.165, 1.54) is 4.90 Å². The maximum Gasteiger partial charge on any atom is 0.451 e. The first-order valence-electron chi connectivity index (χ1n) is 8.13. The van der Waals surface area contributed by atoms with Crippen molar-refractivity contribution in [2.24, 2.45) is 0 Å². The summed E-state index contributed by atoms with van der Waals surface area (Å²) in [4.78, 5) is 18.4. The van der Waals surface area contributed by atoms with Gasteiger partial charge in [0, 0.05) is 11.1 Å². The van der Waals surface area contributed by atoms with E-state index in [1.807, 2.05) is 0 Å². The smallest absolute Gasteiger partial charge is 0.451 e. The van der Waals surface area contributed by atoms with E-state index >= 15 is 0 Å². The number of alkyl halides is 3. The molecule has 0 aliphatic carbocycles. The van der Waals surface area contributed by atoms with Gasteiger partial charge in [-0.1, -0.05) is 30.3 Å². The molecule has 1 aliphatic heterocycles. The number of hydrogen-bond acceptors (Lipinski definition) is 5. The van der Waals surface area contributed by atoms with Gasteiger partial charge in [-0.05, 0) is 33.9 Å². The van der Waals surface area contributed by atoms with Crippen molar-refractivity contribution < 1.29 is 32.2 Å². The lowest BCUT2D eigenvalue weighted by Gasteiger charge is -2.38. The number of nitrogens with zero attached hydrogens (tertiary/aromatic N) is 1. The van der Waals surface area contributed by atoms with E-state index < -0.39 is 44.4 Å². The second-order valence-electron chi connectivity index (χ2n) is 7.11. The zero-order chi connectivity index (χ0) is 19.7. The molecule has 0 saturated heterocycles. The lowest BCUT2D eigenvalue weighted by molar-refractivity contribution is -0.214. The molecule has 0 spiro atoms. The molecule has 0 fully saturated rings. The number of carbonyl (C=O) groups is 1. The van der Waals surface area contributed by atoms with Gasteiger partial charge in [0.25, 0.3) is 0 Å². The van der Waals surface area contributed by atoms with Gasteiger partial charge in [-0.2, -0.15) is 13.2 Å². The third-order valence-electron chi connectivity index (χ3n) is 3.49. The Balaban J connectivity index is 2.53. The Morgan fingerprint density at radius 1 is 1.15 bits per heavy atom. The molecular weight excluding hydrogens is 367 g/mol. The van der Waals surface area contributed by atoms with Crippen LogP contribution in [0.3, 0.4) is 0 Å². The summed E-state index contributed by atoms with van der Waals surface area (Å²) in [6.07, 6.45) is -5.96. The molecule has 1 atom stereocenters. The summed E-state index contributed by atoms with van der Waals surface area (Å²) in [5.41, 5.74) is -1.04. The number of benzene rings is 1. The van der Waals surface area contributed by atoms with Crippen molar-refractivity contribution in [2.75, 3.05) is 0 Å². The zero-order valence-electron chi connectivity index (χ0n) is 15.3. The predicted molar refractivity (Wildman–Crippen MR) is 91.0 cm³/mol. The SMILES string of the molecule is C[SiH](C)OOC(=O)C1=C(C(F)(F)F)OC(c2ccccc2)N1C(C)(C)C. The standard InChI is InChI=1S/C17H22F3NO4Si/c1-16(2,3)21-12(15(22)24-25-26(4)5)13(17(18,19)20)23-14(21)11-9-7-6-8-10-11/h6-10,14,26H,1-5H3. The van der Waals surface area contributed by atoms with E-state index in [0.717, 1.165) is 0 Å². The number of hydrogen-bond donors (Lipinski definition) is 0. The Kier molecular flexibility index (Phi) is 5.72. The van der Waals surface area contributed by atoms with Gasteiger partial charge in [0.2, 0.25) is 14.8 Å². The molecule has 0 aromatic heterocycles. The monoisotopic (exact) mass is 389 g/mol. The highest BCUT2D eigenvalue weighted by molar-refractivity contribution is 6.48. The van der Waals surface area contributed by atoms with E-state index in [4.69, 9.17) is 9.31 Å². The van der Waals surface area contributed by atoms with E-state index in [2.05, 4.69) is 4.89 Å². The van der Waals surface area contributed by atoms with Crippen LogP contribution in [0.2, 0.25) is 13.1 Å². The normalized spacial score (nSPS) is 18.3. The lowest BCUT2D eigenvalue weighted by atomic mass is 10.0. The van der Waals surface area contributed by atoms with Gasteiger partial charge < -0.3 is 14.5 Å². The number of rotatable bonds is 4. The summed E-state index contributed by atoms with van der Waals surface area (Å²) in [6, 6.07) is 8.41. The molecule has 26 heavy (non-hydrogen) atoms. The molecule has 0 N–H and O–H groups in total. The minimum Gasteiger partial charge on any atom is -0.459 e. The number of ether oxygens (including phenoxy) is 1. The van der Waals surface area contributed by atoms with Crippen LogP contribution in [-0.2, 0) is 19.0 Å². The minimum atomic E-state index is -4.85. The molecule has 1 aliphatic rings. The van der Waals surface area contributed by atoms with Gasteiger partial charge in [0.15, 0.2) is 11.9 Å². The zero-order valence-corrected chi connectivity index (χ0v) is 16.4. The van der Waals surface area contributed by atoms with E-state index in [-0.39, 0.29) is 0 Å². The van der Waals surface area contributed by atoms with Gasteiger partial charge >= 0.3 is 12.1 Å². The fourth-order valence-electron chi connectivity index (χ4n) is 2.54. The second-order valence-corrected chi connectivity index (χ2v) is 9.40. The molecule has 0 bridgehead atoms. The Morgan fingerprint density at radius 3 is 2.19 bits per heavy atom. The van der Waals surface area contributed by atoms with Crippen LogP contribution in [0.1, 0.15) is 32.6 Å².